The van der Waals surface area contributed by atoms with E-state index in [4.69, 9.17) is 10.5 Å². The minimum absolute atomic E-state index is 0.280. The molecule has 0 fully saturated rings. The predicted octanol–water partition coefficient (Wildman–Crippen LogP) is 2.64. The summed E-state index contributed by atoms with van der Waals surface area (Å²) in [7, 11) is 0. The third kappa shape index (κ3) is 3.98. The van der Waals surface area contributed by atoms with Crippen LogP contribution in [-0.2, 0) is 11.3 Å². The molecule has 0 aliphatic carbocycles. The zero-order chi connectivity index (χ0) is 12.7. The van der Waals surface area contributed by atoms with Crippen molar-refractivity contribution >= 4 is 11.8 Å². The summed E-state index contributed by atoms with van der Waals surface area (Å²) in [5.41, 5.74) is 7.52. The quantitative estimate of drug-likeness (QED) is 0.799. The molecule has 0 radical (unpaired) electrons. The lowest BCUT2D eigenvalue weighted by Crippen LogP contribution is -2.32. The van der Waals surface area contributed by atoms with Crippen LogP contribution in [0.25, 0.3) is 0 Å². The van der Waals surface area contributed by atoms with Crippen LogP contribution in [0.15, 0.2) is 24.3 Å². The fourth-order valence-corrected chi connectivity index (χ4v) is 1.60. The molecule has 2 N–H and O–H groups in total. The Balaban J connectivity index is 2.73. The molecule has 1 amide bonds. The van der Waals surface area contributed by atoms with E-state index in [0.717, 1.165) is 12.0 Å². The number of hydrogen-bond acceptors (Lipinski definition) is 3. The fraction of sp³-hybridized carbons (Fsp3) is 0.462. The summed E-state index contributed by atoms with van der Waals surface area (Å²) in [6, 6.07) is 7.57. The van der Waals surface area contributed by atoms with Gasteiger partial charge in [-0.3, -0.25) is 0 Å². The Bertz CT molecular complexity index is 366. The molecule has 4 nitrogen and oxygen atoms in total. The topological polar surface area (TPSA) is 55.6 Å². The van der Waals surface area contributed by atoms with Gasteiger partial charge in [0.1, 0.15) is 0 Å². The van der Waals surface area contributed by atoms with Gasteiger partial charge in [-0.25, -0.2) is 4.79 Å². The monoisotopic (exact) mass is 236 g/mol. The van der Waals surface area contributed by atoms with Crippen molar-refractivity contribution in [3.63, 3.8) is 0 Å². The van der Waals surface area contributed by atoms with Gasteiger partial charge in [-0.05, 0) is 25.0 Å². The van der Waals surface area contributed by atoms with E-state index in [1.165, 1.54) is 0 Å². The van der Waals surface area contributed by atoms with Crippen LogP contribution in [0.3, 0.4) is 0 Å². The van der Waals surface area contributed by atoms with Crippen LogP contribution >= 0.6 is 0 Å². The van der Waals surface area contributed by atoms with Crippen LogP contribution in [0.1, 0.15) is 25.8 Å². The molecule has 1 aromatic carbocycles. The zero-order valence-corrected chi connectivity index (χ0v) is 10.5. The lowest BCUT2D eigenvalue weighted by atomic mass is 10.1. The lowest BCUT2D eigenvalue weighted by molar-refractivity contribution is 0.104. The first-order chi connectivity index (χ1) is 8.19. The largest absolute Gasteiger partial charge is 0.450 e. The van der Waals surface area contributed by atoms with Crippen molar-refractivity contribution in [3.8, 4) is 0 Å². The first kappa shape index (κ1) is 13.4. The van der Waals surface area contributed by atoms with E-state index in [1.807, 2.05) is 31.2 Å². The first-order valence-electron chi connectivity index (χ1n) is 5.94. The van der Waals surface area contributed by atoms with Gasteiger partial charge in [0.25, 0.3) is 0 Å². The van der Waals surface area contributed by atoms with Gasteiger partial charge in [0, 0.05) is 12.2 Å². The molecule has 0 aromatic heterocycles. The van der Waals surface area contributed by atoms with Gasteiger partial charge < -0.3 is 15.4 Å². The molecule has 1 rings (SSSR count). The van der Waals surface area contributed by atoms with Crippen LogP contribution in [0.2, 0.25) is 0 Å². The fourth-order valence-electron chi connectivity index (χ4n) is 1.60. The Morgan fingerprint density at radius 3 is 2.65 bits per heavy atom. The van der Waals surface area contributed by atoms with E-state index < -0.39 is 0 Å². The maximum atomic E-state index is 11.7. The molecule has 0 saturated carbocycles. The van der Waals surface area contributed by atoms with Gasteiger partial charge in [-0.15, -0.1) is 0 Å². The number of rotatable bonds is 5. The summed E-state index contributed by atoms with van der Waals surface area (Å²) in [6.45, 7) is 5.40. The molecule has 0 bridgehead atoms. The highest BCUT2D eigenvalue weighted by molar-refractivity contribution is 5.68. The second kappa shape index (κ2) is 6.78. The highest BCUT2D eigenvalue weighted by atomic mass is 16.6. The molecule has 0 atom stereocenters. The second-order valence-corrected chi connectivity index (χ2v) is 3.82. The third-order valence-electron chi connectivity index (χ3n) is 2.44. The minimum atomic E-state index is -0.280. The van der Waals surface area contributed by atoms with E-state index in [9.17, 15) is 4.79 Å². The maximum Gasteiger partial charge on any atom is 0.410 e. The summed E-state index contributed by atoms with van der Waals surface area (Å²) in [5.74, 6) is 0. The van der Waals surface area contributed by atoms with Crippen LogP contribution in [0, 0.1) is 0 Å². The Hall–Kier alpha value is -1.71. The Morgan fingerprint density at radius 1 is 1.35 bits per heavy atom. The zero-order valence-electron chi connectivity index (χ0n) is 10.5. The number of ether oxygens (including phenoxy) is 1. The van der Waals surface area contributed by atoms with Crippen LogP contribution in [0.4, 0.5) is 10.5 Å². The number of nitrogens with zero attached hydrogens (tertiary/aromatic N) is 1. The third-order valence-corrected chi connectivity index (χ3v) is 2.44. The van der Waals surface area contributed by atoms with Crippen LogP contribution in [-0.4, -0.2) is 24.1 Å². The van der Waals surface area contributed by atoms with Crippen LogP contribution in [0.5, 0.6) is 0 Å². The second-order valence-electron chi connectivity index (χ2n) is 3.82. The summed E-state index contributed by atoms with van der Waals surface area (Å²) in [6.07, 6.45) is 0.614. The number of nitrogens with two attached hydrogens (primary N) is 1. The summed E-state index contributed by atoms with van der Waals surface area (Å²) in [5, 5.41) is 0. The molecule has 0 saturated heterocycles. The Kier molecular flexibility index (Phi) is 5.33. The molecular weight excluding hydrogens is 216 g/mol. The van der Waals surface area contributed by atoms with Crippen molar-refractivity contribution in [1.82, 2.24) is 4.90 Å². The van der Waals surface area contributed by atoms with E-state index in [-0.39, 0.29) is 6.09 Å². The predicted molar refractivity (Wildman–Crippen MR) is 68.6 cm³/mol. The standard InChI is InChI=1S/C13H20N2O2/c1-3-9-15(13(16)17-4-2)10-11-7-5-6-8-12(11)14/h5-8H,3-4,9-10,14H2,1-2H3. The summed E-state index contributed by atoms with van der Waals surface area (Å²) in [4.78, 5) is 13.4. The molecule has 0 heterocycles. The van der Waals surface area contributed by atoms with Crippen LogP contribution < -0.4 is 5.73 Å². The highest BCUT2D eigenvalue weighted by Gasteiger charge is 2.14. The van der Waals surface area contributed by atoms with Gasteiger partial charge in [-0.2, -0.15) is 0 Å². The Morgan fingerprint density at radius 2 is 2.06 bits per heavy atom. The molecular formula is C13H20N2O2. The lowest BCUT2D eigenvalue weighted by Gasteiger charge is -2.21. The van der Waals surface area contributed by atoms with Gasteiger partial charge in [0.15, 0.2) is 0 Å². The van der Waals surface area contributed by atoms with Crippen molar-refractivity contribution in [2.45, 2.75) is 26.8 Å². The molecule has 0 aliphatic heterocycles. The molecule has 4 heteroatoms. The van der Waals surface area contributed by atoms with Gasteiger partial charge in [0.2, 0.25) is 0 Å². The summed E-state index contributed by atoms with van der Waals surface area (Å²) >= 11 is 0. The number of hydrogen-bond donors (Lipinski definition) is 1. The number of anilines is 1. The molecule has 1 aromatic rings. The van der Waals surface area contributed by atoms with Crippen molar-refractivity contribution in [2.24, 2.45) is 0 Å². The smallest absolute Gasteiger partial charge is 0.410 e. The molecule has 0 spiro atoms. The SMILES string of the molecule is CCCN(Cc1ccccc1N)C(=O)OCC. The average Bonchev–Trinajstić information content (AvgIpc) is 2.31. The Labute approximate surface area is 102 Å². The number of nitrogen functional groups attached to an aromatic ring is 1. The van der Waals surface area contributed by atoms with Crippen molar-refractivity contribution in [1.29, 1.82) is 0 Å². The van der Waals surface area contributed by atoms with E-state index in [0.29, 0.717) is 25.4 Å². The highest BCUT2D eigenvalue weighted by Crippen LogP contribution is 2.14. The van der Waals surface area contributed by atoms with E-state index in [1.54, 1.807) is 11.8 Å². The van der Waals surface area contributed by atoms with Gasteiger partial charge in [-0.1, -0.05) is 25.1 Å². The van der Waals surface area contributed by atoms with E-state index in [2.05, 4.69) is 0 Å². The van der Waals surface area contributed by atoms with Gasteiger partial charge >= 0.3 is 6.09 Å². The first-order valence-corrected chi connectivity index (χ1v) is 5.94. The van der Waals surface area contributed by atoms with Crippen molar-refractivity contribution < 1.29 is 9.53 Å². The van der Waals surface area contributed by atoms with Crippen molar-refractivity contribution in [3.05, 3.63) is 29.8 Å². The average molecular weight is 236 g/mol. The molecule has 0 unspecified atom stereocenters. The number of benzene rings is 1. The maximum absolute atomic E-state index is 11.7. The number of para-hydroxylation sites is 1. The summed E-state index contributed by atoms with van der Waals surface area (Å²) < 4.78 is 5.01. The minimum Gasteiger partial charge on any atom is -0.450 e. The molecule has 0 aliphatic rings. The number of amides is 1. The molecule has 94 valence electrons. The van der Waals surface area contributed by atoms with Gasteiger partial charge in [0.05, 0.1) is 13.2 Å². The number of carbonyl (C=O) groups excluding carboxylic acids is 1. The molecule has 17 heavy (non-hydrogen) atoms. The van der Waals surface area contributed by atoms with E-state index >= 15 is 0 Å². The number of carbonyl (C=O) groups is 1. The normalized spacial score (nSPS) is 10.0. The van der Waals surface area contributed by atoms with Crippen molar-refractivity contribution in [2.75, 3.05) is 18.9 Å².